The summed E-state index contributed by atoms with van der Waals surface area (Å²) in [6.07, 6.45) is -2.93. The maximum absolute atomic E-state index is 11.5. The predicted octanol–water partition coefficient (Wildman–Crippen LogP) is 2.08. The molecule has 0 radical (unpaired) electrons. The van der Waals surface area contributed by atoms with Crippen LogP contribution in [0.3, 0.4) is 0 Å². The Bertz CT molecular complexity index is 570. The second-order valence-corrected chi connectivity index (χ2v) is 13.6. The van der Waals surface area contributed by atoms with Crippen LogP contribution in [0.5, 0.6) is 0 Å². The van der Waals surface area contributed by atoms with Gasteiger partial charge in [-0.2, -0.15) is 0 Å². The van der Waals surface area contributed by atoms with Crippen molar-refractivity contribution in [2.24, 2.45) is 0 Å². The molecule has 0 aliphatic heterocycles. The van der Waals surface area contributed by atoms with Gasteiger partial charge in [-0.05, 0) is 0 Å². The maximum atomic E-state index is 11.5. The number of hydrogen-bond donors (Lipinski definition) is 0. The van der Waals surface area contributed by atoms with E-state index in [-0.39, 0.29) is 24.6 Å². The van der Waals surface area contributed by atoms with Gasteiger partial charge in [0.05, 0.1) is 0 Å². The van der Waals surface area contributed by atoms with Crippen molar-refractivity contribution in [3.63, 3.8) is 0 Å². The second-order valence-electron chi connectivity index (χ2n) is 3.09. The van der Waals surface area contributed by atoms with Crippen molar-refractivity contribution in [2.75, 3.05) is 0 Å². The van der Waals surface area contributed by atoms with Gasteiger partial charge in [0, 0.05) is 0 Å². The first-order valence-electron chi connectivity index (χ1n) is 4.15. The summed E-state index contributed by atoms with van der Waals surface area (Å²) in [7, 11) is 0. The molecule has 0 aliphatic carbocycles. The van der Waals surface area contributed by atoms with Crippen molar-refractivity contribution in [3.8, 4) is 0 Å². The van der Waals surface area contributed by atoms with E-state index in [1.807, 2.05) is 30.3 Å². The van der Waals surface area contributed by atoms with Crippen LogP contribution in [0.2, 0.25) is 0 Å². The summed E-state index contributed by atoms with van der Waals surface area (Å²) in [5, 5.41) is 1.82. The average Bonchev–Trinajstić information content (AvgIpc) is 2.15. The zero-order valence-electron chi connectivity index (χ0n) is 7.47. The molecule has 0 unspecified atom stereocenters. The van der Waals surface area contributed by atoms with E-state index in [4.69, 9.17) is 0 Å². The molecule has 0 heterocycles. The monoisotopic (exact) mass is 393 g/mol. The summed E-state index contributed by atoms with van der Waals surface area (Å²) < 4.78 is 23.1. The first-order valence-corrected chi connectivity index (χ1v) is 12.5. The van der Waals surface area contributed by atoms with Crippen molar-refractivity contribution >= 4 is 17.1 Å². The third-order valence-corrected chi connectivity index (χ3v) is 6.74. The van der Waals surface area contributed by atoms with Crippen molar-refractivity contribution in [2.45, 2.75) is 4.90 Å². The Balaban J connectivity index is 2.92. The van der Waals surface area contributed by atoms with E-state index in [2.05, 4.69) is 0 Å². The van der Waals surface area contributed by atoms with Crippen LogP contribution in [0.4, 0.5) is 0 Å². The molecular weight excluding hydrogens is 385 g/mol. The minimum atomic E-state index is -2.93. The van der Waals surface area contributed by atoms with E-state index < -0.39 is 6.32 Å². The Hall–Kier alpha value is -0.415. The van der Waals surface area contributed by atoms with Gasteiger partial charge in [0.15, 0.2) is 0 Å². The topological polar surface area (TPSA) is 34.1 Å². The molecule has 0 bridgehead atoms. The standard InChI is InChI=1S/C10H7O2S.Hg/c11-13(12)10-7-3-5-8-4-1-2-6-9(8)10;/h1-7H;. The number of hydrogen-bond acceptors (Lipinski definition) is 2. The van der Waals surface area contributed by atoms with E-state index in [1.165, 1.54) is 0 Å². The molecule has 2 nitrogen and oxygen atoms in total. The van der Waals surface area contributed by atoms with Crippen molar-refractivity contribution in [3.05, 3.63) is 42.5 Å². The summed E-state index contributed by atoms with van der Waals surface area (Å²) in [6, 6.07) is 13.0. The van der Waals surface area contributed by atoms with Crippen molar-refractivity contribution < 1.29 is 33.0 Å². The molecule has 2 rings (SSSR count). The Morgan fingerprint density at radius 1 is 0.929 bits per heavy atom. The molecule has 0 fully saturated rings. The summed E-state index contributed by atoms with van der Waals surface area (Å²) >= 11 is -0.272. The van der Waals surface area contributed by atoms with Crippen LogP contribution in [0.25, 0.3) is 10.8 Å². The predicted molar refractivity (Wildman–Crippen MR) is 51.1 cm³/mol. The first kappa shape index (κ1) is 10.1. The van der Waals surface area contributed by atoms with Gasteiger partial charge >= 0.3 is 97.5 Å². The van der Waals surface area contributed by atoms with Gasteiger partial charge in [0.1, 0.15) is 0 Å². The number of benzene rings is 2. The SMILES string of the molecule is O=[S](=O)([Hg])c1cccc2ccccc12. The van der Waals surface area contributed by atoms with Crippen LogP contribution in [0.15, 0.2) is 47.4 Å². The quantitative estimate of drug-likeness (QED) is 0.697. The Kier molecular flexibility index (Phi) is 2.62. The van der Waals surface area contributed by atoms with Gasteiger partial charge in [-0.1, -0.05) is 0 Å². The van der Waals surface area contributed by atoms with Gasteiger partial charge in [0.2, 0.25) is 0 Å². The van der Waals surface area contributed by atoms with Crippen LogP contribution in [0.1, 0.15) is 0 Å². The van der Waals surface area contributed by atoms with E-state index in [1.54, 1.807) is 12.1 Å². The summed E-state index contributed by atoms with van der Waals surface area (Å²) in [4.78, 5) is 0.485. The third-order valence-electron chi connectivity index (χ3n) is 2.08. The molecule has 2 aromatic carbocycles. The molecule has 2 aromatic rings. The molecule has 0 saturated heterocycles. The van der Waals surface area contributed by atoms with Crippen LogP contribution in [-0.2, 0) is 30.9 Å². The second kappa shape index (κ2) is 3.63. The van der Waals surface area contributed by atoms with Gasteiger partial charge in [-0.3, -0.25) is 0 Å². The molecule has 0 aliphatic rings. The van der Waals surface area contributed by atoms with Gasteiger partial charge in [0.25, 0.3) is 0 Å². The molecule has 14 heavy (non-hydrogen) atoms. The van der Waals surface area contributed by atoms with Gasteiger partial charge in [-0.15, -0.1) is 0 Å². The van der Waals surface area contributed by atoms with E-state index in [0.29, 0.717) is 4.90 Å². The molecule has 0 N–H and O–H groups in total. The summed E-state index contributed by atoms with van der Waals surface area (Å²) in [5.74, 6) is 0. The van der Waals surface area contributed by atoms with Crippen LogP contribution in [-0.4, -0.2) is 8.42 Å². The van der Waals surface area contributed by atoms with Crippen molar-refractivity contribution in [1.29, 1.82) is 0 Å². The Morgan fingerprint density at radius 3 is 2.29 bits per heavy atom. The van der Waals surface area contributed by atoms with Crippen LogP contribution < -0.4 is 0 Å². The molecule has 0 amide bonds. The fourth-order valence-corrected chi connectivity index (χ4v) is 5.21. The van der Waals surface area contributed by atoms with Crippen LogP contribution >= 0.6 is 0 Å². The normalized spacial score (nSPS) is 11.9. The average molecular weight is 392 g/mol. The number of fused-ring (bicyclic) bond motifs is 1. The molecule has 4 heteroatoms. The fourth-order valence-electron chi connectivity index (χ4n) is 1.47. The Morgan fingerprint density at radius 2 is 1.57 bits per heavy atom. The van der Waals surface area contributed by atoms with E-state index in [9.17, 15) is 8.42 Å². The van der Waals surface area contributed by atoms with Crippen molar-refractivity contribution in [1.82, 2.24) is 0 Å². The molecule has 0 saturated carbocycles. The summed E-state index contributed by atoms with van der Waals surface area (Å²) in [6.45, 7) is 0. The number of rotatable bonds is 1. The molecule has 0 atom stereocenters. The fraction of sp³-hybridized carbons (Fsp3) is 0. The van der Waals surface area contributed by atoms with Gasteiger partial charge < -0.3 is 0 Å². The van der Waals surface area contributed by atoms with Crippen LogP contribution in [0, 0.1) is 0 Å². The molecule has 67 valence electrons. The Labute approximate surface area is 97.0 Å². The molecule has 0 spiro atoms. The van der Waals surface area contributed by atoms with Gasteiger partial charge in [-0.25, -0.2) is 0 Å². The third kappa shape index (κ3) is 1.84. The van der Waals surface area contributed by atoms with E-state index in [0.717, 1.165) is 10.8 Å². The molecular formula is C10H7HgO2S. The first-order chi connectivity index (χ1) is 6.59. The minimum absolute atomic E-state index is 0.272. The zero-order chi connectivity index (χ0) is 10.2. The van der Waals surface area contributed by atoms with E-state index >= 15 is 0 Å². The zero-order valence-corrected chi connectivity index (χ0v) is 13.8. The summed E-state index contributed by atoms with van der Waals surface area (Å²) in [5.41, 5.74) is 0. The molecule has 0 aromatic heterocycles.